The summed E-state index contributed by atoms with van der Waals surface area (Å²) in [6.07, 6.45) is 0.00542. The number of amidine groups is 1. The second kappa shape index (κ2) is 7.92. The van der Waals surface area contributed by atoms with E-state index in [4.69, 9.17) is 0 Å². The second-order valence-corrected chi connectivity index (χ2v) is 7.47. The van der Waals surface area contributed by atoms with Gasteiger partial charge in [-0.15, -0.1) is 0 Å². The Bertz CT molecular complexity index is 929. The number of halogens is 1. The zero-order valence-electron chi connectivity index (χ0n) is 15.3. The van der Waals surface area contributed by atoms with Gasteiger partial charge in [0.05, 0.1) is 5.69 Å². The molecular formula is C20H20FN3O2S. The number of nitrogens with one attached hydrogen (secondary N) is 1. The number of rotatable bonds is 3. The molecule has 7 heteroatoms. The highest BCUT2D eigenvalue weighted by molar-refractivity contribution is 8.15. The Balaban J connectivity index is 1.75. The number of aliphatic imine (C=N–C) groups is 1. The van der Waals surface area contributed by atoms with Crippen LogP contribution in [0.25, 0.3) is 0 Å². The Kier molecular flexibility index (Phi) is 5.60. The van der Waals surface area contributed by atoms with E-state index in [2.05, 4.69) is 10.3 Å². The maximum atomic E-state index is 14.0. The van der Waals surface area contributed by atoms with Crippen molar-refractivity contribution in [1.29, 1.82) is 0 Å². The number of hydrogen-bond donors (Lipinski definition) is 1. The number of imide groups is 1. The van der Waals surface area contributed by atoms with Gasteiger partial charge in [-0.25, -0.2) is 9.29 Å². The largest absolute Gasteiger partial charge is 0.335 e. The van der Waals surface area contributed by atoms with E-state index in [9.17, 15) is 14.0 Å². The average Bonchev–Trinajstić information content (AvgIpc) is 2.91. The van der Waals surface area contributed by atoms with Crippen LogP contribution < -0.4 is 10.2 Å². The number of aryl methyl sites for hydroxylation is 2. The molecule has 1 saturated heterocycles. The van der Waals surface area contributed by atoms with E-state index in [1.807, 2.05) is 32.0 Å². The van der Waals surface area contributed by atoms with Gasteiger partial charge >= 0.3 is 0 Å². The van der Waals surface area contributed by atoms with Crippen molar-refractivity contribution in [3.8, 4) is 0 Å². The molecule has 2 aromatic carbocycles. The van der Waals surface area contributed by atoms with Crippen LogP contribution in [0, 0.1) is 19.7 Å². The molecule has 5 nitrogen and oxygen atoms in total. The fourth-order valence-corrected chi connectivity index (χ4v) is 3.78. The Labute approximate surface area is 161 Å². The van der Waals surface area contributed by atoms with E-state index in [1.54, 1.807) is 13.1 Å². The average molecular weight is 385 g/mol. The molecule has 140 valence electrons. The van der Waals surface area contributed by atoms with Crippen molar-refractivity contribution >= 4 is 40.1 Å². The molecule has 1 heterocycles. The van der Waals surface area contributed by atoms with Crippen LogP contribution in [0.2, 0.25) is 0 Å². The molecule has 0 aromatic heterocycles. The van der Waals surface area contributed by atoms with E-state index in [0.29, 0.717) is 5.17 Å². The van der Waals surface area contributed by atoms with Crippen LogP contribution in [0.1, 0.15) is 17.5 Å². The first kappa shape index (κ1) is 19.1. The zero-order valence-corrected chi connectivity index (χ0v) is 16.1. The number of amides is 2. The topological polar surface area (TPSA) is 61.8 Å². The van der Waals surface area contributed by atoms with Crippen molar-refractivity contribution in [2.75, 3.05) is 17.3 Å². The van der Waals surface area contributed by atoms with Crippen molar-refractivity contribution < 1.29 is 14.0 Å². The van der Waals surface area contributed by atoms with E-state index in [0.717, 1.165) is 16.2 Å². The lowest BCUT2D eigenvalue weighted by Crippen LogP contribution is -2.32. The van der Waals surface area contributed by atoms with Crippen molar-refractivity contribution in [2.24, 2.45) is 4.99 Å². The van der Waals surface area contributed by atoms with Crippen LogP contribution >= 0.6 is 11.8 Å². The molecule has 1 atom stereocenters. The predicted molar refractivity (Wildman–Crippen MR) is 108 cm³/mol. The van der Waals surface area contributed by atoms with Crippen molar-refractivity contribution in [3.05, 3.63) is 59.4 Å². The molecule has 1 aliphatic heterocycles. The standard InChI is InChI=1S/C20H20FN3O2S/c1-12-8-9-14(10-13(12)2)23-20(22-3)27-17-11-18(25)24(19(17)26)16-7-5-4-6-15(16)21/h4-10,17H,11H2,1-3H3,(H,22,23)/t17-/m1/s1. The zero-order chi connectivity index (χ0) is 19.6. The van der Waals surface area contributed by atoms with E-state index in [1.165, 1.54) is 35.5 Å². The van der Waals surface area contributed by atoms with Crippen LogP contribution in [0.5, 0.6) is 0 Å². The number of thioether (sulfide) groups is 1. The quantitative estimate of drug-likeness (QED) is 0.494. The van der Waals surface area contributed by atoms with Crippen molar-refractivity contribution in [2.45, 2.75) is 25.5 Å². The van der Waals surface area contributed by atoms with E-state index < -0.39 is 22.9 Å². The molecule has 0 radical (unpaired) electrons. The predicted octanol–water partition coefficient (Wildman–Crippen LogP) is 3.91. The fraction of sp³-hybridized carbons (Fsp3) is 0.250. The van der Waals surface area contributed by atoms with E-state index in [-0.39, 0.29) is 12.1 Å². The number of nitrogens with zero attached hydrogens (tertiary/aromatic N) is 2. The normalized spacial score (nSPS) is 17.6. The first-order chi connectivity index (χ1) is 12.9. The molecular weight excluding hydrogens is 365 g/mol. The van der Waals surface area contributed by atoms with Gasteiger partial charge in [-0.2, -0.15) is 0 Å². The molecule has 3 rings (SSSR count). The number of para-hydroxylation sites is 1. The molecule has 27 heavy (non-hydrogen) atoms. The van der Waals surface area contributed by atoms with Gasteiger partial charge in [-0.1, -0.05) is 30.0 Å². The molecule has 0 aliphatic carbocycles. The highest BCUT2D eigenvalue weighted by Crippen LogP contribution is 2.32. The lowest BCUT2D eigenvalue weighted by atomic mass is 10.1. The molecule has 1 fully saturated rings. The molecule has 2 amide bonds. The minimum atomic E-state index is -0.644. The van der Waals surface area contributed by atoms with Gasteiger partial charge in [0.25, 0.3) is 0 Å². The summed E-state index contributed by atoms with van der Waals surface area (Å²) in [5, 5.41) is 3.07. The summed E-state index contributed by atoms with van der Waals surface area (Å²) in [6, 6.07) is 11.7. The third-order valence-electron chi connectivity index (χ3n) is 4.41. The Hall–Kier alpha value is -2.67. The number of carbonyl (C=O) groups is 2. The molecule has 2 aromatic rings. The molecule has 0 saturated carbocycles. The maximum Gasteiger partial charge on any atom is 0.247 e. The summed E-state index contributed by atoms with van der Waals surface area (Å²) >= 11 is 1.18. The molecule has 0 unspecified atom stereocenters. The van der Waals surface area contributed by atoms with Gasteiger partial charge in [-0.3, -0.25) is 14.6 Å². The monoisotopic (exact) mass is 385 g/mol. The molecule has 1 N–H and O–H groups in total. The summed E-state index contributed by atoms with van der Waals surface area (Å²) in [5.74, 6) is -1.44. The molecule has 0 spiro atoms. The lowest BCUT2D eigenvalue weighted by molar-refractivity contribution is -0.121. The Morgan fingerprint density at radius 3 is 2.59 bits per heavy atom. The smallest absolute Gasteiger partial charge is 0.247 e. The van der Waals surface area contributed by atoms with Crippen LogP contribution in [-0.2, 0) is 9.59 Å². The lowest BCUT2D eigenvalue weighted by Gasteiger charge is -2.16. The van der Waals surface area contributed by atoms with Crippen LogP contribution in [-0.4, -0.2) is 29.3 Å². The van der Waals surface area contributed by atoms with Gasteiger partial charge in [-0.05, 0) is 49.2 Å². The minimum absolute atomic E-state index is 0.00542. The van der Waals surface area contributed by atoms with Crippen LogP contribution in [0.3, 0.4) is 0 Å². The Morgan fingerprint density at radius 2 is 1.93 bits per heavy atom. The summed E-state index contributed by atoms with van der Waals surface area (Å²) < 4.78 is 14.0. The van der Waals surface area contributed by atoms with Gasteiger partial charge in [0.1, 0.15) is 11.1 Å². The van der Waals surface area contributed by atoms with E-state index >= 15 is 0 Å². The number of carbonyl (C=O) groups excluding carboxylic acids is 2. The first-order valence-electron chi connectivity index (χ1n) is 8.49. The highest BCUT2D eigenvalue weighted by atomic mass is 32.2. The maximum absolute atomic E-state index is 14.0. The summed E-state index contributed by atoms with van der Waals surface area (Å²) in [6.45, 7) is 4.05. The highest BCUT2D eigenvalue weighted by Gasteiger charge is 2.41. The Morgan fingerprint density at radius 1 is 1.19 bits per heavy atom. The second-order valence-electron chi connectivity index (χ2n) is 6.28. The number of hydrogen-bond acceptors (Lipinski definition) is 4. The SMILES string of the molecule is CN=C(Nc1ccc(C)c(C)c1)S[C@@H]1CC(=O)N(c2ccccc2F)C1=O. The fourth-order valence-electron chi connectivity index (χ4n) is 2.80. The van der Waals surface area contributed by atoms with Crippen molar-refractivity contribution in [1.82, 2.24) is 0 Å². The summed E-state index contributed by atoms with van der Waals surface area (Å²) in [4.78, 5) is 30.1. The molecule has 1 aliphatic rings. The minimum Gasteiger partial charge on any atom is -0.335 e. The van der Waals surface area contributed by atoms with Crippen molar-refractivity contribution in [3.63, 3.8) is 0 Å². The third kappa shape index (κ3) is 4.03. The first-order valence-corrected chi connectivity index (χ1v) is 9.37. The third-order valence-corrected chi connectivity index (χ3v) is 5.57. The summed E-state index contributed by atoms with van der Waals surface area (Å²) in [7, 11) is 1.62. The van der Waals surface area contributed by atoms with Gasteiger partial charge in [0, 0.05) is 19.2 Å². The van der Waals surface area contributed by atoms with Crippen LogP contribution in [0.15, 0.2) is 47.5 Å². The summed E-state index contributed by atoms with van der Waals surface area (Å²) in [5.41, 5.74) is 3.17. The number of anilines is 2. The molecule has 0 bridgehead atoms. The van der Waals surface area contributed by atoms with Gasteiger partial charge in [0.15, 0.2) is 5.17 Å². The van der Waals surface area contributed by atoms with Gasteiger partial charge < -0.3 is 5.32 Å². The van der Waals surface area contributed by atoms with Crippen LogP contribution in [0.4, 0.5) is 15.8 Å². The number of benzene rings is 2. The van der Waals surface area contributed by atoms with Gasteiger partial charge in [0.2, 0.25) is 11.8 Å².